The molecule has 3 N–H and O–H groups in total. The number of carboxylic acid groups (broad SMARTS) is 1. The zero-order valence-electron chi connectivity index (χ0n) is 5.57. The molecule has 0 saturated heterocycles. The Kier molecular flexibility index (Phi) is 13.2. The van der Waals surface area contributed by atoms with Crippen LogP contribution >= 0.6 is 19.1 Å². The average Bonchev–Trinajstić information content (AvgIpc) is 1.90. The number of carbonyl (C=O) groups is 1. The molecule has 0 radical (unpaired) electrons. The first-order chi connectivity index (χ1) is 5.09. The van der Waals surface area contributed by atoms with Crippen molar-refractivity contribution in [3.63, 3.8) is 0 Å². The van der Waals surface area contributed by atoms with Crippen LogP contribution in [0.3, 0.4) is 0 Å². The zero-order valence-corrected chi connectivity index (χ0v) is 8.64. The van der Waals surface area contributed by atoms with E-state index in [1.807, 2.05) is 0 Å². The minimum atomic E-state index is -0.982. The van der Waals surface area contributed by atoms with Gasteiger partial charge in [0, 0.05) is 0 Å². The summed E-state index contributed by atoms with van der Waals surface area (Å²) in [6.07, 6.45) is 1.81. The van der Waals surface area contributed by atoms with Crippen molar-refractivity contribution in [1.29, 1.82) is 0 Å². The van der Waals surface area contributed by atoms with E-state index in [1.165, 1.54) is 6.08 Å². The number of nitrogens with two attached hydrogens (primary N) is 1. The van der Waals surface area contributed by atoms with Gasteiger partial charge in [-0.25, -0.2) is 0 Å². The van der Waals surface area contributed by atoms with Crippen molar-refractivity contribution in [3.05, 3.63) is 12.7 Å². The molecule has 0 bridgehead atoms. The van der Waals surface area contributed by atoms with Gasteiger partial charge in [-0.2, -0.15) is 0 Å². The summed E-state index contributed by atoms with van der Waals surface area (Å²) >= 11 is -0.106. The van der Waals surface area contributed by atoms with Gasteiger partial charge in [0.05, 0.1) is 0 Å². The molecule has 0 fully saturated rings. The molecule has 0 amide bonds. The zero-order chi connectivity index (χ0) is 9.28. The van der Waals surface area contributed by atoms with Gasteiger partial charge in [-0.1, -0.05) is 6.08 Å². The fraction of sp³-hybridized carbons (Fsp3) is 0.400. The molecule has 0 aromatic carbocycles. The Morgan fingerprint density at radius 2 is 2.18 bits per heavy atom. The summed E-state index contributed by atoms with van der Waals surface area (Å²) in [7, 11) is 9.63. The number of carboxylic acids is 1. The van der Waals surface area contributed by atoms with Crippen molar-refractivity contribution >= 4 is 25.0 Å². The normalized spacial score (nSPS) is 11.2. The Bertz CT molecular complexity index is 123. The number of halogens is 2. The van der Waals surface area contributed by atoms with Crippen LogP contribution in [-0.2, 0) is 20.7 Å². The van der Waals surface area contributed by atoms with Gasteiger partial charge >= 0.3 is 41.0 Å². The van der Waals surface area contributed by atoms with E-state index in [0.29, 0.717) is 6.42 Å². The molecule has 1 unspecified atom stereocenters. The van der Waals surface area contributed by atoms with Crippen molar-refractivity contribution in [2.45, 2.75) is 12.5 Å². The molecule has 0 aliphatic carbocycles. The predicted octanol–water partition coefficient (Wildman–Crippen LogP) is 1.35. The standard InChI is InChI=1S/C5H9NO2.2ClH.Pd/c1-2-3-4(6)5(7)8;;;/h2,4H,1,3,6H2,(H,7,8);2*1H;/q;;;+2/p-2. The molecule has 11 heavy (non-hydrogen) atoms. The topological polar surface area (TPSA) is 63.3 Å². The molecule has 0 aromatic heterocycles. The Morgan fingerprint density at radius 3 is 2.27 bits per heavy atom. The van der Waals surface area contributed by atoms with Crippen molar-refractivity contribution in [2.24, 2.45) is 5.73 Å². The molecular formula is C5H9Cl2NO2Pd. The van der Waals surface area contributed by atoms with E-state index in [2.05, 4.69) is 6.58 Å². The third-order valence-electron chi connectivity index (χ3n) is 0.738. The van der Waals surface area contributed by atoms with E-state index in [0.717, 1.165) is 0 Å². The van der Waals surface area contributed by atoms with Gasteiger partial charge < -0.3 is 10.8 Å². The Balaban J connectivity index is 0. The van der Waals surface area contributed by atoms with Gasteiger partial charge in [0.2, 0.25) is 0 Å². The molecule has 0 saturated carbocycles. The summed E-state index contributed by atoms with van der Waals surface area (Å²) in [5.74, 6) is -0.982. The monoisotopic (exact) mass is 291 g/mol. The van der Waals surface area contributed by atoms with Crippen LogP contribution in [-0.4, -0.2) is 17.1 Å². The van der Waals surface area contributed by atoms with Gasteiger partial charge in [-0.15, -0.1) is 6.58 Å². The number of rotatable bonds is 3. The quantitative estimate of drug-likeness (QED) is 0.610. The van der Waals surface area contributed by atoms with Crippen LogP contribution in [0, 0.1) is 0 Å². The van der Waals surface area contributed by atoms with Gasteiger partial charge in [0.25, 0.3) is 0 Å². The van der Waals surface area contributed by atoms with E-state index in [1.54, 1.807) is 0 Å². The molecule has 0 rings (SSSR count). The molecule has 6 heteroatoms. The first-order valence-corrected chi connectivity index (χ1v) is 6.52. The molecular weight excluding hydrogens is 283 g/mol. The number of hydrogen-bond donors (Lipinski definition) is 2. The first-order valence-electron chi connectivity index (χ1n) is 2.51. The van der Waals surface area contributed by atoms with Crippen LogP contribution in [0.1, 0.15) is 6.42 Å². The second kappa shape index (κ2) is 10.4. The van der Waals surface area contributed by atoms with E-state index in [-0.39, 0.29) is 15.9 Å². The second-order valence-electron chi connectivity index (χ2n) is 1.51. The van der Waals surface area contributed by atoms with Crippen LogP contribution in [0.4, 0.5) is 0 Å². The summed E-state index contributed by atoms with van der Waals surface area (Å²) in [6.45, 7) is 3.34. The van der Waals surface area contributed by atoms with Gasteiger partial charge in [0.15, 0.2) is 0 Å². The average molecular weight is 292 g/mol. The molecule has 0 heterocycles. The van der Waals surface area contributed by atoms with Gasteiger partial charge in [0.1, 0.15) is 6.04 Å². The van der Waals surface area contributed by atoms with Crippen molar-refractivity contribution in [3.8, 4) is 0 Å². The fourth-order valence-corrected chi connectivity index (χ4v) is 0.280. The minimum absolute atomic E-state index is 0.106. The Morgan fingerprint density at radius 1 is 1.82 bits per heavy atom. The van der Waals surface area contributed by atoms with E-state index < -0.39 is 12.0 Å². The van der Waals surface area contributed by atoms with Gasteiger partial charge in [-0.05, 0) is 6.42 Å². The predicted molar refractivity (Wildman–Crippen MR) is 42.1 cm³/mol. The molecule has 3 nitrogen and oxygen atoms in total. The number of hydrogen-bond acceptors (Lipinski definition) is 2. The molecule has 70 valence electrons. The molecule has 1 atom stereocenters. The van der Waals surface area contributed by atoms with Crippen molar-refractivity contribution < 1.29 is 25.8 Å². The maximum absolute atomic E-state index is 9.92. The fourth-order valence-electron chi connectivity index (χ4n) is 0.280. The van der Waals surface area contributed by atoms with Crippen molar-refractivity contribution in [1.82, 2.24) is 0 Å². The van der Waals surface area contributed by atoms with Crippen LogP contribution in [0.5, 0.6) is 0 Å². The first kappa shape index (κ1) is 14.0. The molecule has 0 spiro atoms. The van der Waals surface area contributed by atoms with Crippen LogP contribution in [0.2, 0.25) is 0 Å². The third kappa shape index (κ3) is 13.4. The molecule has 0 aromatic rings. The molecule has 0 aliphatic rings. The third-order valence-corrected chi connectivity index (χ3v) is 0.738. The van der Waals surface area contributed by atoms with E-state index >= 15 is 0 Å². The van der Waals surface area contributed by atoms with Crippen molar-refractivity contribution in [2.75, 3.05) is 0 Å². The van der Waals surface area contributed by atoms with Gasteiger partial charge in [-0.3, -0.25) is 4.79 Å². The maximum atomic E-state index is 9.92. The summed E-state index contributed by atoms with van der Waals surface area (Å²) < 4.78 is 0. The SMILES string of the molecule is C=CCC(N)C(=O)O.[Cl][Pd][Cl]. The number of aliphatic carboxylic acids is 1. The summed E-state index contributed by atoms with van der Waals surface area (Å²) in [6, 6.07) is -0.785. The summed E-state index contributed by atoms with van der Waals surface area (Å²) in [5.41, 5.74) is 5.06. The van der Waals surface area contributed by atoms with Crippen LogP contribution in [0.25, 0.3) is 0 Å². The summed E-state index contributed by atoms with van der Waals surface area (Å²) in [5, 5.41) is 8.14. The summed E-state index contributed by atoms with van der Waals surface area (Å²) in [4.78, 5) is 9.92. The Labute approximate surface area is 81.7 Å². The second-order valence-corrected chi connectivity index (χ2v) is 3.87. The van der Waals surface area contributed by atoms with Crippen LogP contribution < -0.4 is 5.73 Å². The Hall–Kier alpha value is 0.412. The van der Waals surface area contributed by atoms with E-state index in [4.69, 9.17) is 29.9 Å². The van der Waals surface area contributed by atoms with Crippen LogP contribution in [0.15, 0.2) is 12.7 Å². The van der Waals surface area contributed by atoms with E-state index in [9.17, 15) is 4.79 Å². The molecule has 0 aliphatic heterocycles.